The summed E-state index contributed by atoms with van der Waals surface area (Å²) in [5.41, 5.74) is -0.245. The molecule has 2 rings (SSSR count). The highest BCUT2D eigenvalue weighted by molar-refractivity contribution is 9.11. The minimum atomic E-state index is -0.985. The van der Waals surface area contributed by atoms with Crippen LogP contribution in [0.5, 0.6) is 0 Å². The van der Waals surface area contributed by atoms with E-state index < -0.39 is 22.3 Å². The van der Waals surface area contributed by atoms with Crippen molar-refractivity contribution in [1.29, 1.82) is 0 Å². The second-order valence-electron chi connectivity index (χ2n) is 4.00. The number of hydrogen-bond donors (Lipinski definition) is 1. The third-order valence-corrected chi connectivity index (χ3v) is 3.73. The molecule has 0 atom stereocenters. The second kappa shape index (κ2) is 6.31. The highest BCUT2D eigenvalue weighted by atomic mass is 79.9. The van der Waals surface area contributed by atoms with E-state index in [1.807, 2.05) is 0 Å². The van der Waals surface area contributed by atoms with Gasteiger partial charge in [-0.25, -0.2) is 0 Å². The van der Waals surface area contributed by atoms with Gasteiger partial charge in [0.05, 0.1) is 10.6 Å². The summed E-state index contributed by atoms with van der Waals surface area (Å²) in [6, 6.07) is 8.10. The molecule has 8 heteroatoms. The molecule has 0 bridgehead atoms. The first-order chi connectivity index (χ1) is 9.88. The number of anilines is 1. The van der Waals surface area contributed by atoms with Crippen molar-refractivity contribution in [3.05, 3.63) is 66.8 Å². The second-order valence-corrected chi connectivity index (χ2v) is 5.77. The Kier molecular flexibility index (Phi) is 4.69. The third-order valence-electron chi connectivity index (χ3n) is 2.58. The smallest absolute Gasteiger partial charge is 0.305 e. The van der Waals surface area contributed by atoms with E-state index in [1.54, 1.807) is 18.2 Å². The van der Waals surface area contributed by atoms with Crippen LogP contribution in [0.4, 0.5) is 15.8 Å². The van der Waals surface area contributed by atoms with E-state index in [9.17, 15) is 19.3 Å². The molecule has 0 saturated carbocycles. The summed E-state index contributed by atoms with van der Waals surface area (Å²) >= 11 is 6.57. The molecule has 0 unspecified atom stereocenters. The number of nitrogens with zero attached hydrogens (tertiary/aromatic N) is 1. The number of nitro groups is 1. The summed E-state index contributed by atoms with van der Waals surface area (Å²) in [4.78, 5) is 21.8. The fourth-order valence-electron chi connectivity index (χ4n) is 1.58. The maximum Gasteiger partial charge on any atom is 0.305 e. The summed E-state index contributed by atoms with van der Waals surface area (Å²) in [7, 11) is 0. The van der Waals surface area contributed by atoms with Crippen molar-refractivity contribution >= 4 is 49.1 Å². The Hall–Kier alpha value is -1.80. The van der Waals surface area contributed by atoms with Gasteiger partial charge in [0, 0.05) is 20.6 Å². The number of amides is 1. The normalized spacial score (nSPS) is 10.2. The zero-order valence-electron chi connectivity index (χ0n) is 10.3. The van der Waals surface area contributed by atoms with E-state index in [4.69, 9.17) is 0 Å². The standard InChI is InChI=1S/C13H7Br2FN2O3/c14-8-2-4-11(9(15)6-8)17-13(19)7-1-3-10(16)12(5-7)18(20)21/h1-6H,(H,17,19). The zero-order valence-corrected chi connectivity index (χ0v) is 13.4. The quantitative estimate of drug-likeness (QED) is 0.589. The molecule has 5 nitrogen and oxygen atoms in total. The first-order valence-corrected chi connectivity index (χ1v) is 7.17. The zero-order chi connectivity index (χ0) is 15.6. The molecule has 0 aliphatic rings. The minimum Gasteiger partial charge on any atom is -0.321 e. The molecular formula is C13H7Br2FN2O3. The van der Waals surface area contributed by atoms with E-state index in [1.165, 1.54) is 6.07 Å². The molecule has 0 radical (unpaired) electrons. The van der Waals surface area contributed by atoms with Gasteiger partial charge in [0.1, 0.15) is 0 Å². The van der Waals surface area contributed by atoms with Gasteiger partial charge in [-0.2, -0.15) is 4.39 Å². The van der Waals surface area contributed by atoms with E-state index in [-0.39, 0.29) is 5.56 Å². The molecule has 2 aromatic carbocycles. The van der Waals surface area contributed by atoms with Crippen LogP contribution in [-0.4, -0.2) is 10.8 Å². The van der Waals surface area contributed by atoms with Crippen molar-refractivity contribution in [3.63, 3.8) is 0 Å². The Labute approximate surface area is 135 Å². The van der Waals surface area contributed by atoms with Crippen molar-refractivity contribution < 1.29 is 14.1 Å². The number of rotatable bonds is 3. The highest BCUT2D eigenvalue weighted by Crippen LogP contribution is 2.27. The topological polar surface area (TPSA) is 72.2 Å². The van der Waals surface area contributed by atoms with Crippen molar-refractivity contribution in [2.24, 2.45) is 0 Å². The molecule has 0 aliphatic heterocycles. The van der Waals surface area contributed by atoms with E-state index in [0.717, 1.165) is 16.6 Å². The number of benzene rings is 2. The van der Waals surface area contributed by atoms with Crippen molar-refractivity contribution in [1.82, 2.24) is 0 Å². The lowest BCUT2D eigenvalue weighted by molar-refractivity contribution is -0.387. The van der Waals surface area contributed by atoms with Gasteiger partial charge in [0.25, 0.3) is 5.91 Å². The van der Waals surface area contributed by atoms with E-state index in [0.29, 0.717) is 10.2 Å². The molecule has 2 aromatic rings. The van der Waals surface area contributed by atoms with Gasteiger partial charge in [-0.05, 0) is 46.3 Å². The van der Waals surface area contributed by atoms with Crippen LogP contribution in [-0.2, 0) is 0 Å². The van der Waals surface area contributed by atoms with Crippen LogP contribution < -0.4 is 5.32 Å². The van der Waals surface area contributed by atoms with Gasteiger partial charge < -0.3 is 5.32 Å². The highest BCUT2D eigenvalue weighted by Gasteiger charge is 2.18. The van der Waals surface area contributed by atoms with Crippen LogP contribution in [0.2, 0.25) is 0 Å². The average molecular weight is 418 g/mol. The predicted molar refractivity (Wildman–Crippen MR) is 82.8 cm³/mol. The third kappa shape index (κ3) is 3.64. The lowest BCUT2D eigenvalue weighted by atomic mass is 10.1. The van der Waals surface area contributed by atoms with Crippen molar-refractivity contribution in [3.8, 4) is 0 Å². The predicted octanol–water partition coefficient (Wildman–Crippen LogP) is 4.51. The average Bonchev–Trinajstić information content (AvgIpc) is 2.42. The molecule has 108 valence electrons. The first kappa shape index (κ1) is 15.6. The molecule has 0 spiro atoms. The van der Waals surface area contributed by atoms with Crippen molar-refractivity contribution in [2.45, 2.75) is 0 Å². The summed E-state index contributed by atoms with van der Waals surface area (Å²) in [5, 5.41) is 13.3. The van der Waals surface area contributed by atoms with Crippen LogP contribution in [0.15, 0.2) is 45.3 Å². The Morgan fingerprint density at radius 3 is 2.52 bits per heavy atom. The summed E-state index contributed by atoms with van der Waals surface area (Å²) in [5.74, 6) is -1.55. The molecule has 0 aromatic heterocycles. The summed E-state index contributed by atoms with van der Waals surface area (Å²) in [6.07, 6.45) is 0. The minimum absolute atomic E-state index is 0.00193. The molecule has 21 heavy (non-hydrogen) atoms. The van der Waals surface area contributed by atoms with Crippen LogP contribution in [0.25, 0.3) is 0 Å². The van der Waals surface area contributed by atoms with Gasteiger partial charge >= 0.3 is 5.69 Å². The van der Waals surface area contributed by atoms with Crippen LogP contribution in [0.3, 0.4) is 0 Å². The molecule has 1 N–H and O–H groups in total. The Bertz CT molecular complexity index is 737. The Morgan fingerprint density at radius 2 is 1.90 bits per heavy atom. The molecule has 1 amide bonds. The van der Waals surface area contributed by atoms with E-state index in [2.05, 4.69) is 37.2 Å². The fraction of sp³-hybridized carbons (Fsp3) is 0. The fourth-order valence-corrected chi connectivity index (χ4v) is 2.73. The van der Waals surface area contributed by atoms with Crippen LogP contribution >= 0.6 is 31.9 Å². The van der Waals surface area contributed by atoms with Gasteiger partial charge in [-0.1, -0.05) is 15.9 Å². The molecular weight excluding hydrogens is 411 g/mol. The van der Waals surface area contributed by atoms with Crippen LogP contribution in [0.1, 0.15) is 10.4 Å². The summed E-state index contributed by atoms with van der Waals surface area (Å²) < 4.78 is 14.7. The largest absolute Gasteiger partial charge is 0.321 e. The number of carbonyl (C=O) groups excluding carboxylic acids is 1. The summed E-state index contributed by atoms with van der Waals surface area (Å²) in [6.45, 7) is 0. The lowest BCUT2D eigenvalue weighted by Crippen LogP contribution is -2.12. The molecule has 0 saturated heterocycles. The van der Waals surface area contributed by atoms with Crippen LogP contribution in [0, 0.1) is 15.9 Å². The first-order valence-electron chi connectivity index (χ1n) is 5.59. The number of nitrogens with one attached hydrogen (secondary N) is 1. The number of nitro benzene ring substituents is 1. The number of hydrogen-bond acceptors (Lipinski definition) is 3. The van der Waals surface area contributed by atoms with Gasteiger partial charge in [0.2, 0.25) is 5.82 Å². The monoisotopic (exact) mass is 416 g/mol. The lowest BCUT2D eigenvalue weighted by Gasteiger charge is -2.08. The van der Waals surface area contributed by atoms with Gasteiger partial charge in [-0.15, -0.1) is 0 Å². The van der Waals surface area contributed by atoms with Crippen molar-refractivity contribution in [2.75, 3.05) is 5.32 Å². The SMILES string of the molecule is O=C(Nc1ccc(Br)cc1Br)c1ccc(F)c([N+](=O)[O-])c1. The van der Waals surface area contributed by atoms with Gasteiger partial charge in [0.15, 0.2) is 0 Å². The van der Waals surface area contributed by atoms with E-state index >= 15 is 0 Å². The number of carbonyl (C=O) groups is 1. The molecule has 0 heterocycles. The molecule has 0 aliphatic carbocycles. The van der Waals surface area contributed by atoms with Gasteiger partial charge in [-0.3, -0.25) is 14.9 Å². The number of halogens is 3. The maximum atomic E-state index is 13.2. The Balaban J connectivity index is 2.28. The maximum absolute atomic E-state index is 13.2. The molecule has 0 fully saturated rings. The Morgan fingerprint density at radius 1 is 1.19 bits per heavy atom.